The number of rotatable bonds is 5. The molecule has 0 aliphatic carbocycles. The number of hydrogen-bond donors (Lipinski definition) is 1. The summed E-state index contributed by atoms with van der Waals surface area (Å²) in [4.78, 5) is 19.2. The Morgan fingerprint density at radius 3 is 3.21 bits per heavy atom. The highest BCUT2D eigenvalue weighted by molar-refractivity contribution is 7.98. The molecule has 0 bridgehead atoms. The van der Waals surface area contributed by atoms with E-state index < -0.39 is 0 Å². The molecule has 2 N–H and O–H groups in total. The van der Waals surface area contributed by atoms with Crippen LogP contribution in [0.3, 0.4) is 0 Å². The quantitative estimate of drug-likeness (QED) is 0.351. The summed E-state index contributed by atoms with van der Waals surface area (Å²) in [6.45, 7) is 0. The van der Waals surface area contributed by atoms with Crippen LogP contribution >= 0.6 is 23.1 Å². The molecule has 14 heavy (non-hydrogen) atoms. The second-order valence-electron chi connectivity index (χ2n) is 2.15. The lowest BCUT2D eigenvalue weighted by Gasteiger charge is -1.95. The van der Waals surface area contributed by atoms with E-state index >= 15 is 0 Å². The van der Waals surface area contributed by atoms with Crippen molar-refractivity contribution in [3.8, 4) is 0 Å². The molecule has 0 fully saturated rings. The number of thioether (sulfide) groups is 1. The van der Waals surface area contributed by atoms with Crippen molar-refractivity contribution in [1.29, 1.82) is 0 Å². The van der Waals surface area contributed by atoms with Crippen molar-refractivity contribution in [3.63, 3.8) is 0 Å². The molecule has 1 aromatic rings. The van der Waals surface area contributed by atoms with Crippen molar-refractivity contribution in [2.45, 2.75) is 0 Å². The first-order valence-electron chi connectivity index (χ1n) is 3.56. The van der Waals surface area contributed by atoms with E-state index in [1.165, 1.54) is 23.1 Å². The van der Waals surface area contributed by atoms with Crippen molar-refractivity contribution in [2.75, 3.05) is 17.9 Å². The van der Waals surface area contributed by atoms with Crippen LogP contribution in [0.5, 0.6) is 0 Å². The van der Waals surface area contributed by atoms with Crippen LogP contribution in [0.4, 0.5) is 5.13 Å². The standard InChI is InChI=1S/C7H8N3O2S2/c1-13-4-12-10-5(2-11)6-3-14-7(8)9-6/h3H,4H2,1H3,(H2,8,9). The van der Waals surface area contributed by atoms with Crippen LogP contribution in [-0.2, 0) is 9.63 Å². The average molecular weight is 230 g/mol. The van der Waals surface area contributed by atoms with Crippen LogP contribution in [0.15, 0.2) is 10.5 Å². The van der Waals surface area contributed by atoms with E-state index in [2.05, 4.69) is 10.1 Å². The van der Waals surface area contributed by atoms with Gasteiger partial charge >= 0.3 is 0 Å². The van der Waals surface area contributed by atoms with E-state index in [4.69, 9.17) is 10.6 Å². The molecular formula is C7H8N3O2S2. The first-order chi connectivity index (χ1) is 6.77. The van der Waals surface area contributed by atoms with E-state index in [1.807, 2.05) is 6.26 Å². The number of nitrogens with two attached hydrogens (primary N) is 1. The van der Waals surface area contributed by atoms with E-state index in [9.17, 15) is 4.79 Å². The van der Waals surface area contributed by atoms with Crippen LogP contribution < -0.4 is 5.73 Å². The summed E-state index contributed by atoms with van der Waals surface area (Å²) in [5, 5.41) is 5.59. The number of oxime groups is 1. The molecule has 7 heteroatoms. The van der Waals surface area contributed by atoms with E-state index in [1.54, 1.807) is 11.7 Å². The summed E-state index contributed by atoms with van der Waals surface area (Å²) < 4.78 is 0. The lowest BCUT2D eigenvalue weighted by Crippen LogP contribution is -2.04. The Labute approximate surface area is 89.3 Å². The summed E-state index contributed by atoms with van der Waals surface area (Å²) in [5.74, 6) is 0.380. The fourth-order valence-electron chi connectivity index (χ4n) is 0.658. The Morgan fingerprint density at radius 2 is 2.71 bits per heavy atom. The lowest BCUT2D eigenvalue weighted by atomic mass is 10.3. The molecule has 0 atom stereocenters. The number of nitrogen functional groups attached to an aromatic ring is 1. The van der Waals surface area contributed by atoms with Gasteiger partial charge in [0.05, 0.1) is 0 Å². The minimum absolute atomic E-state index is 0.0343. The molecule has 1 rings (SSSR count). The number of aromatic nitrogens is 1. The molecular weight excluding hydrogens is 222 g/mol. The number of nitrogens with zero attached hydrogens (tertiary/aromatic N) is 2. The Morgan fingerprint density at radius 1 is 1.93 bits per heavy atom. The maximum atomic E-state index is 10.5. The second kappa shape index (κ2) is 5.61. The van der Waals surface area contributed by atoms with Gasteiger partial charge in [-0.25, -0.2) is 4.98 Å². The largest absolute Gasteiger partial charge is 0.384 e. The normalized spacial score (nSPS) is 11.4. The van der Waals surface area contributed by atoms with Crippen LogP contribution in [0.2, 0.25) is 0 Å². The van der Waals surface area contributed by atoms with Crippen LogP contribution in [-0.4, -0.2) is 29.2 Å². The van der Waals surface area contributed by atoms with Crippen molar-refractivity contribution in [1.82, 2.24) is 4.98 Å². The molecule has 1 aromatic heterocycles. The van der Waals surface area contributed by atoms with Crippen LogP contribution in [0, 0.1) is 0 Å². The maximum Gasteiger partial charge on any atom is 0.259 e. The third kappa shape index (κ3) is 3.00. The summed E-state index contributed by atoms with van der Waals surface area (Å²) in [6.07, 6.45) is 3.51. The summed E-state index contributed by atoms with van der Waals surface area (Å²) >= 11 is 2.69. The summed E-state index contributed by atoms with van der Waals surface area (Å²) in [5.41, 5.74) is 5.83. The number of thiazole rings is 1. The second-order valence-corrected chi connectivity index (χ2v) is 3.85. The number of anilines is 1. The van der Waals surface area contributed by atoms with E-state index in [0.717, 1.165) is 0 Å². The fourth-order valence-corrected chi connectivity index (χ4v) is 1.36. The molecule has 5 nitrogen and oxygen atoms in total. The minimum Gasteiger partial charge on any atom is -0.384 e. The molecule has 0 aromatic carbocycles. The van der Waals surface area contributed by atoms with Gasteiger partial charge in [-0.3, -0.25) is 4.79 Å². The van der Waals surface area contributed by atoms with Crippen molar-refractivity contribution < 1.29 is 9.63 Å². The highest BCUT2D eigenvalue weighted by Crippen LogP contribution is 2.11. The fraction of sp³-hybridized carbons (Fsp3) is 0.286. The number of carbonyl (C=O) groups excluding carboxylic acids is 1. The highest BCUT2D eigenvalue weighted by atomic mass is 32.2. The van der Waals surface area contributed by atoms with Gasteiger partial charge in [0.2, 0.25) is 0 Å². The monoisotopic (exact) mass is 230 g/mol. The Kier molecular flexibility index (Phi) is 4.41. The number of hydrogen-bond acceptors (Lipinski definition) is 7. The van der Waals surface area contributed by atoms with Crippen molar-refractivity contribution in [3.05, 3.63) is 11.1 Å². The Hall–Kier alpha value is -1.08. The van der Waals surface area contributed by atoms with Gasteiger partial charge in [0.1, 0.15) is 5.69 Å². The van der Waals surface area contributed by atoms with Crippen LogP contribution in [0.1, 0.15) is 5.69 Å². The predicted molar refractivity (Wildman–Crippen MR) is 58.2 cm³/mol. The SMILES string of the molecule is CSCON=C([C]=O)c1csc(N)n1. The molecule has 0 aliphatic heterocycles. The zero-order valence-electron chi connectivity index (χ0n) is 7.39. The van der Waals surface area contributed by atoms with Crippen LogP contribution in [0.25, 0.3) is 0 Å². The molecule has 75 valence electrons. The highest BCUT2D eigenvalue weighted by Gasteiger charge is 2.08. The molecule has 0 aliphatic rings. The van der Waals surface area contributed by atoms with E-state index in [-0.39, 0.29) is 5.71 Å². The van der Waals surface area contributed by atoms with Gasteiger partial charge < -0.3 is 10.6 Å². The molecule has 0 saturated carbocycles. The third-order valence-corrected chi connectivity index (χ3v) is 2.20. The smallest absolute Gasteiger partial charge is 0.259 e. The molecule has 1 radical (unpaired) electrons. The molecule has 1 heterocycles. The zero-order valence-corrected chi connectivity index (χ0v) is 9.02. The van der Waals surface area contributed by atoms with Crippen molar-refractivity contribution >= 4 is 40.2 Å². The predicted octanol–water partition coefficient (Wildman–Crippen LogP) is 0.876. The van der Waals surface area contributed by atoms with Gasteiger partial charge in [-0.15, -0.1) is 23.1 Å². The van der Waals surface area contributed by atoms with Gasteiger partial charge in [0.25, 0.3) is 6.29 Å². The summed E-state index contributed by atoms with van der Waals surface area (Å²) in [7, 11) is 0. The average Bonchev–Trinajstić information content (AvgIpc) is 2.60. The van der Waals surface area contributed by atoms with Gasteiger partial charge in [0, 0.05) is 5.38 Å². The van der Waals surface area contributed by atoms with Gasteiger partial charge in [-0.05, 0) is 6.26 Å². The summed E-state index contributed by atoms with van der Waals surface area (Å²) in [6, 6.07) is 0. The van der Waals surface area contributed by atoms with Crippen molar-refractivity contribution in [2.24, 2.45) is 5.16 Å². The van der Waals surface area contributed by atoms with Gasteiger partial charge in [-0.1, -0.05) is 5.16 Å². The minimum atomic E-state index is 0.0343. The maximum absolute atomic E-state index is 10.5. The first kappa shape index (κ1) is 11.0. The van der Waals surface area contributed by atoms with Gasteiger partial charge in [0.15, 0.2) is 16.8 Å². The Bertz CT molecular complexity index is 337. The molecule has 0 saturated heterocycles. The topological polar surface area (TPSA) is 77.6 Å². The zero-order chi connectivity index (χ0) is 10.4. The first-order valence-corrected chi connectivity index (χ1v) is 5.83. The molecule has 0 amide bonds. The third-order valence-electron chi connectivity index (χ3n) is 1.19. The van der Waals surface area contributed by atoms with E-state index in [0.29, 0.717) is 16.8 Å². The van der Waals surface area contributed by atoms with Gasteiger partial charge in [-0.2, -0.15) is 0 Å². The lowest BCUT2D eigenvalue weighted by molar-refractivity contribution is 0.197. The molecule has 0 spiro atoms. The molecule has 0 unspecified atom stereocenters. The Balaban J connectivity index is 2.71.